The third-order valence-corrected chi connectivity index (χ3v) is 3.41. The predicted molar refractivity (Wildman–Crippen MR) is 83.3 cm³/mol. The van der Waals surface area contributed by atoms with E-state index in [1.807, 2.05) is 6.92 Å². The monoisotopic (exact) mass is 285 g/mol. The van der Waals surface area contributed by atoms with Gasteiger partial charge in [0.05, 0.1) is 6.61 Å². The standard InChI is InChI=1S/C15H31N3O2/c1-4-16-15(17-9-6-7-10-19-5-2)18(3)12-14-8-11-20-13-14/h14H,4-13H2,1-3H3,(H,16,17). The lowest BCUT2D eigenvalue weighted by Gasteiger charge is -2.24. The van der Waals surface area contributed by atoms with Crippen molar-refractivity contribution >= 4 is 5.96 Å². The zero-order chi connectivity index (χ0) is 14.6. The molecule has 1 rings (SSSR count). The zero-order valence-corrected chi connectivity index (χ0v) is 13.4. The van der Waals surface area contributed by atoms with Gasteiger partial charge in [-0.3, -0.25) is 4.99 Å². The van der Waals surface area contributed by atoms with Crippen molar-refractivity contribution in [1.82, 2.24) is 10.2 Å². The highest BCUT2D eigenvalue weighted by Crippen LogP contribution is 2.13. The molecular formula is C15H31N3O2. The molecule has 1 unspecified atom stereocenters. The molecule has 1 aliphatic rings. The normalized spacial score (nSPS) is 19.4. The number of unbranched alkanes of at least 4 members (excludes halogenated alkanes) is 1. The Morgan fingerprint density at radius 1 is 1.40 bits per heavy atom. The fraction of sp³-hybridized carbons (Fsp3) is 0.933. The summed E-state index contributed by atoms with van der Waals surface area (Å²) in [6.07, 6.45) is 3.32. The Balaban J connectivity index is 2.28. The molecule has 1 heterocycles. The minimum Gasteiger partial charge on any atom is -0.382 e. The van der Waals surface area contributed by atoms with Crippen molar-refractivity contribution in [2.45, 2.75) is 33.1 Å². The van der Waals surface area contributed by atoms with Crippen LogP contribution in [0.3, 0.4) is 0 Å². The van der Waals surface area contributed by atoms with Crippen LogP contribution in [0.5, 0.6) is 0 Å². The first-order valence-electron chi connectivity index (χ1n) is 7.92. The molecule has 1 fully saturated rings. The van der Waals surface area contributed by atoms with Crippen molar-refractivity contribution in [3.8, 4) is 0 Å². The van der Waals surface area contributed by atoms with Gasteiger partial charge in [0.15, 0.2) is 5.96 Å². The summed E-state index contributed by atoms with van der Waals surface area (Å²) in [5.74, 6) is 1.65. The van der Waals surface area contributed by atoms with Gasteiger partial charge in [0, 0.05) is 52.4 Å². The molecule has 1 saturated heterocycles. The van der Waals surface area contributed by atoms with Crippen LogP contribution in [-0.2, 0) is 9.47 Å². The van der Waals surface area contributed by atoms with Gasteiger partial charge in [-0.15, -0.1) is 0 Å². The van der Waals surface area contributed by atoms with Crippen LogP contribution in [0.4, 0.5) is 0 Å². The van der Waals surface area contributed by atoms with E-state index in [2.05, 4.69) is 29.2 Å². The molecule has 0 amide bonds. The molecule has 0 radical (unpaired) electrons. The van der Waals surface area contributed by atoms with Gasteiger partial charge in [-0.2, -0.15) is 0 Å². The third kappa shape index (κ3) is 7.10. The molecule has 5 nitrogen and oxygen atoms in total. The van der Waals surface area contributed by atoms with E-state index < -0.39 is 0 Å². The van der Waals surface area contributed by atoms with Crippen LogP contribution in [0.2, 0.25) is 0 Å². The summed E-state index contributed by atoms with van der Waals surface area (Å²) in [4.78, 5) is 6.92. The summed E-state index contributed by atoms with van der Waals surface area (Å²) < 4.78 is 10.8. The van der Waals surface area contributed by atoms with E-state index >= 15 is 0 Å². The van der Waals surface area contributed by atoms with Gasteiger partial charge in [0.1, 0.15) is 0 Å². The molecule has 0 aliphatic carbocycles. The Kier molecular flexibility index (Phi) is 9.41. The summed E-state index contributed by atoms with van der Waals surface area (Å²) >= 11 is 0. The lowest BCUT2D eigenvalue weighted by Crippen LogP contribution is -2.41. The maximum atomic E-state index is 5.43. The molecule has 1 atom stereocenters. The van der Waals surface area contributed by atoms with Crippen molar-refractivity contribution in [3.05, 3.63) is 0 Å². The van der Waals surface area contributed by atoms with Gasteiger partial charge >= 0.3 is 0 Å². The Labute approximate surface area is 123 Å². The Morgan fingerprint density at radius 2 is 2.25 bits per heavy atom. The number of ether oxygens (including phenoxy) is 2. The fourth-order valence-electron chi connectivity index (χ4n) is 2.32. The Hall–Kier alpha value is -0.810. The zero-order valence-electron chi connectivity index (χ0n) is 13.4. The summed E-state index contributed by atoms with van der Waals surface area (Å²) in [7, 11) is 2.11. The second-order valence-electron chi connectivity index (χ2n) is 5.25. The highest BCUT2D eigenvalue weighted by Gasteiger charge is 2.18. The SMILES string of the molecule is CCNC(=NCCCCOCC)N(C)CC1CCOC1. The molecule has 0 bridgehead atoms. The molecular weight excluding hydrogens is 254 g/mol. The summed E-state index contributed by atoms with van der Waals surface area (Å²) in [5.41, 5.74) is 0. The second-order valence-corrected chi connectivity index (χ2v) is 5.25. The quantitative estimate of drug-likeness (QED) is 0.398. The highest BCUT2D eigenvalue weighted by molar-refractivity contribution is 5.79. The molecule has 5 heteroatoms. The summed E-state index contributed by atoms with van der Waals surface area (Å²) in [6, 6.07) is 0. The van der Waals surface area contributed by atoms with Crippen LogP contribution in [0.15, 0.2) is 4.99 Å². The lowest BCUT2D eigenvalue weighted by molar-refractivity contribution is 0.144. The maximum Gasteiger partial charge on any atom is 0.193 e. The molecule has 0 aromatic rings. The average molecular weight is 285 g/mol. The van der Waals surface area contributed by atoms with E-state index in [4.69, 9.17) is 9.47 Å². The third-order valence-electron chi connectivity index (χ3n) is 3.41. The molecule has 0 spiro atoms. The topological polar surface area (TPSA) is 46.1 Å². The molecule has 118 valence electrons. The smallest absolute Gasteiger partial charge is 0.193 e. The fourth-order valence-corrected chi connectivity index (χ4v) is 2.32. The molecule has 1 N–H and O–H groups in total. The van der Waals surface area contributed by atoms with E-state index in [9.17, 15) is 0 Å². The van der Waals surface area contributed by atoms with Crippen molar-refractivity contribution in [1.29, 1.82) is 0 Å². The molecule has 0 aromatic heterocycles. The minimum absolute atomic E-state index is 0.641. The second kappa shape index (κ2) is 10.9. The van der Waals surface area contributed by atoms with Crippen molar-refractivity contribution < 1.29 is 9.47 Å². The van der Waals surface area contributed by atoms with Crippen LogP contribution in [0, 0.1) is 5.92 Å². The number of rotatable bonds is 9. The van der Waals surface area contributed by atoms with Crippen LogP contribution in [-0.4, -0.2) is 64.0 Å². The first-order chi connectivity index (χ1) is 9.77. The summed E-state index contributed by atoms with van der Waals surface area (Å²) in [5, 5.41) is 3.36. The molecule has 20 heavy (non-hydrogen) atoms. The molecule has 1 aliphatic heterocycles. The predicted octanol–water partition coefficient (Wildman–Crippen LogP) is 1.74. The number of hydrogen-bond acceptors (Lipinski definition) is 3. The maximum absolute atomic E-state index is 5.43. The van der Waals surface area contributed by atoms with Crippen molar-refractivity contribution in [2.24, 2.45) is 10.9 Å². The molecule has 0 aromatic carbocycles. The van der Waals surface area contributed by atoms with Crippen LogP contribution >= 0.6 is 0 Å². The van der Waals surface area contributed by atoms with Gasteiger partial charge in [0.2, 0.25) is 0 Å². The first-order valence-corrected chi connectivity index (χ1v) is 7.92. The van der Waals surface area contributed by atoms with Gasteiger partial charge in [0.25, 0.3) is 0 Å². The van der Waals surface area contributed by atoms with Crippen LogP contribution in [0.1, 0.15) is 33.1 Å². The Bertz CT molecular complexity index is 266. The summed E-state index contributed by atoms with van der Waals surface area (Å²) in [6.45, 7) is 10.4. The average Bonchev–Trinajstić information content (AvgIpc) is 2.94. The number of aliphatic imine (C=N–C) groups is 1. The highest BCUT2D eigenvalue weighted by atomic mass is 16.5. The number of hydrogen-bond donors (Lipinski definition) is 1. The van der Waals surface area contributed by atoms with E-state index in [1.54, 1.807) is 0 Å². The van der Waals surface area contributed by atoms with E-state index in [-0.39, 0.29) is 0 Å². The van der Waals surface area contributed by atoms with Crippen LogP contribution in [0.25, 0.3) is 0 Å². The number of nitrogens with zero attached hydrogens (tertiary/aromatic N) is 2. The number of guanidine groups is 1. The van der Waals surface area contributed by atoms with Gasteiger partial charge in [-0.05, 0) is 33.1 Å². The largest absolute Gasteiger partial charge is 0.382 e. The van der Waals surface area contributed by atoms with Gasteiger partial charge in [-0.1, -0.05) is 0 Å². The van der Waals surface area contributed by atoms with Crippen molar-refractivity contribution in [2.75, 3.05) is 53.1 Å². The van der Waals surface area contributed by atoms with E-state index in [1.165, 1.54) is 0 Å². The van der Waals surface area contributed by atoms with Gasteiger partial charge < -0.3 is 19.7 Å². The minimum atomic E-state index is 0.641. The van der Waals surface area contributed by atoms with E-state index in [0.29, 0.717) is 5.92 Å². The van der Waals surface area contributed by atoms with Gasteiger partial charge in [-0.25, -0.2) is 0 Å². The van der Waals surface area contributed by atoms with E-state index in [0.717, 1.165) is 71.3 Å². The Morgan fingerprint density at radius 3 is 2.90 bits per heavy atom. The van der Waals surface area contributed by atoms with Crippen LogP contribution < -0.4 is 5.32 Å². The lowest BCUT2D eigenvalue weighted by atomic mass is 10.1. The van der Waals surface area contributed by atoms with Crippen molar-refractivity contribution in [3.63, 3.8) is 0 Å². The molecule has 0 saturated carbocycles. The first kappa shape index (κ1) is 17.2. The number of nitrogens with one attached hydrogen (secondary N) is 1.